The Morgan fingerprint density at radius 2 is 1.92 bits per heavy atom. The summed E-state index contributed by atoms with van der Waals surface area (Å²) in [6.07, 6.45) is 3.68. The van der Waals surface area contributed by atoms with Crippen LogP contribution in [0.25, 0.3) is 0 Å². The lowest BCUT2D eigenvalue weighted by Gasteiger charge is -2.39. The molecule has 11 heteroatoms. The Morgan fingerprint density at radius 1 is 1.10 bits per heavy atom. The van der Waals surface area contributed by atoms with Crippen LogP contribution in [-0.2, 0) is 27.2 Å². The molecule has 0 aliphatic carbocycles. The summed E-state index contributed by atoms with van der Waals surface area (Å²) < 4.78 is 0. The summed E-state index contributed by atoms with van der Waals surface area (Å²) in [5, 5.41) is 4.85. The Bertz CT molecular complexity index is 1350. The molecule has 1 aromatic carbocycles. The molecule has 2 unspecified atom stereocenters. The van der Waals surface area contributed by atoms with E-state index in [1.54, 1.807) is 33.4 Å². The number of carbonyl (C=O) groups excluding carboxylic acids is 4. The highest BCUT2D eigenvalue weighted by atomic mass is 32.1. The van der Waals surface area contributed by atoms with Gasteiger partial charge in [-0.25, -0.2) is 9.97 Å². The molecule has 10 nitrogen and oxygen atoms in total. The fraction of sp³-hybridized carbons (Fsp3) is 0.357. The molecule has 0 spiro atoms. The Kier molecular flexibility index (Phi) is 7.97. The van der Waals surface area contributed by atoms with Crippen molar-refractivity contribution in [1.82, 2.24) is 25.1 Å². The molecule has 2 fully saturated rings. The van der Waals surface area contributed by atoms with Crippen molar-refractivity contribution in [3.63, 3.8) is 0 Å². The highest BCUT2D eigenvalue weighted by Crippen LogP contribution is 2.29. The SMILES string of the molecule is Nc1cccc(CC(NC(=O)C2CC[C@H]3CN(C(=O)CCc4ccccc4)CC(=O)N23)C(=O)c2nccs2)n1. The Morgan fingerprint density at radius 3 is 2.67 bits per heavy atom. The molecule has 3 aromatic rings. The summed E-state index contributed by atoms with van der Waals surface area (Å²) in [7, 11) is 0. The molecule has 3 atom stereocenters. The van der Waals surface area contributed by atoms with Gasteiger partial charge in [-0.15, -0.1) is 11.3 Å². The zero-order valence-corrected chi connectivity index (χ0v) is 22.2. The highest BCUT2D eigenvalue weighted by molar-refractivity contribution is 7.11. The molecule has 4 heterocycles. The number of hydrogen-bond acceptors (Lipinski definition) is 8. The van der Waals surface area contributed by atoms with Gasteiger partial charge in [0.15, 0.2) is 5.01 Å². The van der Waals surface area contributed by atoms with Crippen molar-refractivity contribution in [3.8, 4) is 0 Å². The van der Waals surface area contributed by atoms with Crippen LogP contribution in [0.1, 0.15) is 40.3 Å². The van der Waals surface area contributed by atoms with Crippen LogP contribution in [0.5, 0.6) is 0 Å². The third-order valence-electron chi connectivity index (χ3n) is 7.19. The molecular weight excluding hydrogens is 516 g/mol. The van der Waals surface area contributed by atoms with Gasteiger partial charge < -0.3 is 20.9 Å². The number of Topliss-reactive ketones (excluding diaryl/α,β-unsaturated/α-hetero) is 1. The number of aryl methyl sites for hydroxylation is 1. The van der Waals surface area contributed by atoms with E-state index in [1.165, 1.54) is 17.5 Å². The van der Waals surface area contributed by atoms with Crippen molar-refractivity contribution in [2.24, 2.45) is 0 Å². The van der Waals surface area contributed by atoms with Crippen LogP contribution in [0.4, 0.5) is 5.82 Å². The van der Waals surface area contributed by atoms with Crippen LogP contribution in [-0.4, -0.2) is 74.5 Å². The molecule has 3 N–H and O–H groups in total. The number of piperazine rings is 1. The van der Waals surface area contributed by atoms with Crippen LogP contribution >= 0.6 is 11.3 Å². The number of fused-ring (bicyclic) bond motifs is 1. The second-order valence-electron chi connectivity index (χ2n) is 9.83. The number of ketones is 1. The summed E-state index contributed by atoms with van der Waals surface area (Å²) >= 11 is 1.20. The van der Waals surface area contributed by atoms with Crippen LogP contribution in [0.3, 0.4) is 0 Å². The lowest BCUT2D eigenvalue weighted by Crippen LogP contribution is -2.60. The van der Waals surface area contributed by atoms with Gasteiger partial charge >= 0.3 is 0 Å². The maximum atomic E-state index is 13.5. The smallest absolute Gasteiger partial charge is 0.243 e. The van der Waals surface area contributed by atoms with Crippen LogP contribution in [0.2, 0.25) is 0 Å². The summed E-state index contributed by atoms with van der Waals surface area (Å²) in [4.78, 5) is 64.3. The average molecular weight is 547 g/mol. The molecule has 2 saturated heterocycles. The minimum Gasteiger partial charge on any atom is -0.384 e. The second-order valence-corrected chi connectivity index (χ2v) is 10.7. The van der Waals surface area contributed by atoms with Gasteiger partial charge in [0, 0.05) is 36.7 Å². The van der Waals surface area contributed by atoms with Gasteiger partial charge in [-0.3, -0.25) is 19.2 Å². The van der Waals surface area contributed by atoms with Crippen molar-refractivity contribution in [3.05, 3.63) is 76.4 Å². The molecule has 2 aromatic heterocycles. The molecule has 39 heavy (non-hydrogen) atoms. The predicted octanol–water partition coefficient (Wildman–Crippen LogP) is 1.87. The highest BCUT2D eigenvalue weighted by Gasteiger charge is 2.46. The number of benzene rings is 1. The van der Waals surface area contributed by atoms with Crippen molar-refractivity contribution in [2.75, 3.05) is 18.8 Å². The first-order chi connectivity index (χ1) is 18.9. The number of nitrogens with one attached hydrogen (secondary N) is 1. The van der Waals surface area contributed by atoms with Gasteiger partial charge in [0.25, 0.3) is 0 Å². The van der Waals surface area contributed by atoms with Crippen molar-refractivity contribution < 1.29 is 19.2 Å². The molecule has 3 amide bonds. The van der Waals surface area contributed by atoms with E-state index in [2.05, 4.69) is 15.3 Å². The van der Waals surface area contributed by atoms with E-state index in [0.29, 0.717) is 43.7 Å². The first-order valence-electron chi connectivity index (χ1n) is 13.0. The quantitative estimate of drug-likeness (QED) is 0.391. The van der Waals surface area contributed by atoms with Crippen LogP contribution in [0, 0.1) is 0 Å². The summed E-state index contributed by atoms with van der Waals surface area (Å²) in [5.41, 5.74) is 7.45. The van der Waals surface area contributed by atoms with E-state index >= 15 is 0 Å². The lowest BCUT2D eigenvalue weighted by atomic mass is 10.0. The molecule has 202 valence electrons. The topological polar surface area (TPSA) is 139 Å². The van der Waals surface area contributed by atoms with Gasteiger partial charge in [-0.05, 0) is 37.0 Å². The number of amides is 3. The Balaban J connectivity index is 1.24. The number of nitrogens with zero attached hydrogens (tertiary/aromatic N) is 4. The number of anilines is 1. The van der Waals surface area contributed by atoms with Crippen LogP contribution in [0.15, 0.2) is 60.1 Å². The number of nitrogens with two attached hydrogens (primary N) is 1. The van der Waals surface area contributed by atoms with E-state index in [9.17, 15) is 19.2 Å². The van der Waals surface area contributed by atoms with Crippen molar-refractivity contribution >= 4 is 40.7 Å². The second kappa shape index (κ2) is 11.7. The third kappa shape index (κ3) is 6.14. The van der Waals surface area contributed by atoms with E-state index < -0.39 is 18.0 Å². The Hall–Kier alpha value is -4.12. The molecule has 2 aliphatic heterocycles. The standard InChI is InChI=1S/C28H30N6O4S/c29-23-8-4-7-19(31-23)15-21(26(37)28-30-13-14-39-28)32-27(38)22-11-10-20-16-33(17-25(36)34(20)22)24(35)12-9-18-5-2-1-3-6-18/h1-8,13-14,20-22H,9-12,15-17H2,(H2,29,31)(H,32,38)/t20-,21?,22?/m0/s1. The normalized spacial score (nSPS) is 19.4. The van der Waals surface area contributed by atoms with Gasteiger partial charge in [0.2, 0.25) is 23.5 Å². The summed E-state index contributed by atoms with van der Waals surface area (Å²) in [5.74, 6) is -0.716. The van der Waals surface area contributed by atoms with Crippen LogP contribution < -0.4 is 11.1 Å². The van der Waals surface area contributed by atoms with Crippen molar-refractivity contribution in [2.45, 2.75) is 50.2 Å². The molecular formula is C28H30N6O4S. The zero-order valence-electron chi connectivity index (χ0n) is 21.4. The van der Waals surface area contributed by atoms with Gasteiger partial charge in [-0.1, -0.05) is 36.4 Å². The number of aromatic nitrogens is 2. The number of pyridine rings is 1. The zero-order chi connectivity index (χ0) is 27.4. The van der Waals surface area contributed by atoms with Gasteiger partial charge in [0.05, 0.1) is 12.6 Å². The number of thiazole rings is 1. The van der Waals surface area contributed by atoms with Crippen molar-refractivity contribution in [1.29, 1.82) is 0 Å². The predicted molar refractivity (Wildman–Crippen MR) is 146 cm³/mol. The van der Waals surface area contributed by atoms with Gasteiger partial charge in [0.1, 0.15) is 17.9 Å². The Labute approximate surface area is 230 Å². The number of nitrogen functional groups attached to an aromatic ring is 1. The molecule has 5 rings (SSSR count). The lowest BCUT2D eigenvalue weighted by molar-refractivity contribution is -0.151. The average Bonchev–Trinajstić information content (AvgIpc) is 3.62. The fourth-order valence-electron chi connectivity index (χ4n) is 5.30. The van der Waals surface area contributed by atoms with Gasteiger partial charge in [-0.2, -0.15) is 0 Å². The van der Waals surface area contributed by atoms with E-state index in [4.69, 9.17) is 5.73 Å². The van der Waals surface area contributed by atoms with E-state index in [-0.39, 0.29) is 41.6 Å². The molecule has 0 saturated carbocycles. The largest absolute Gasteiger partial charge is 0.384 e. The first kappa shape index (κ1) is 26.5. The molecule has 0 bridgehead atoms. The summed E-state index contributed by atoms with van der Waals surface area (Å²) in [6.45, 7) is 0.348. The monoisotopic (exact) mass is 546 g/mol. The minimum absolute atomic E-state index is 0.0530. The minimum atomic E-state index is -0.909. The molecule has 2 aliphatic rings. The fourth-order valence-corrected chi connectivity index (χ4v) is 5.93. The summed E-state index contributed by atoms with van der Waals surface area (Å²) in [6, 6.07) is 13.1. The number of rotatable bonds is 9. The maximum absolute atomic E-state index is 13.5. The van der Waals surface area contributed by atoms with E-state index in [1.807, 2.05) is 30.3 Å². The van der Waals surface area contributed by atoms with E-state index in [0.717, 1.165) is 5.56 Å². The number of carbonyl (C=O) groups is 4. The molecule has 0 radical (unpaired) electrons. The third-order valence-corrected chi connectivity index (χ3v) is 7.98. The maximum Gasteiger partial charge on any atom is 0.243 e. The number of hydrogen-bond donors (Lipinski definition) is 2. The first-order valence-corrected chi connectivity index (χ1v) is 13.9.